The van der Waals surface area contributed by atoms with Crippen LogP contribution in [-0.2, 0) is 0 Å². The van der Waals surface area contributed by atoms with E-state index < -0.39 is 0 Å². The first kappa shape index (κ1) is 16.7. The molecule has 0 saturated heterocycles. The van der Waals surface area contributed by atoms with Gasteiger partial charge in [0.05, 0.1) is 10.8 Å². The Balaban J connectivity index is 1.64. The largest absolute Gasteiger partial charge is 0.113 e. The lowest BCUT2D eigenvalue weighted by atomic mass is 9.63. The highest BCUT2D eigenvalue weighted by Gasteiger charge is 2.47. The predicted molar refractivity (Wildman–Crippen MR) is 112 cm³/mol. The van der Waals surface area contributed by atoms with Crippen LogP contribution in [0.25, 0.3) is 12.2 Å². The molecule has 132 valence electrons. The first-order valence-corrected chi connectivity index (χ1v) is 10.5. The fourth-order valence-electron chi connectivity index (χ4n) is 5.22. The van der Waals surface area contributed by atoms with Gasteiger partial charge in [0.1, 0.15) is 0 Å². The summed E-state index contributed by atoms with van der Waals surface area (Å²) in [5.74, 6) is 0. The lowest BCUT2D eigenvalue weighted by Gasteiger charge is -2.43. The van der Waals surface area contributed by atoms with Gasteiger partial charge in [-0.1, -0.05) is 79.9 Å². The molecule has 3 aliphatic rings. The van der Waals surface area contributed by atoms with Gasteiger partial charge in [-0.15, -0.1) is 23.2 Å². The Morgan fingerprint density at radius 1 is 0.654 bits per heavy atom. The maximum Gasteiger partial charge on any atom is 0.0813 e. The summed E-state index contributed by atoms with van der Waals surface area (Å²) in [5, 5.41) is -0.0874. The van der Waals surface area contributed by atoms with Crippen LogP contribution in [0.1, 0.15) is 65.1 Å². The average molecular weight is 381 g/mol. The molecule has 5 rings (SSSR count). The molecular weight excluding hydrogens is 359 g/mol. The van der Waals surface area contributed by atoms with E-state index in [2.05, 4.69) is 60.7 Å². The Bertz CT molecular complexity index is 846. The summed E-state index contributed by atoms with van der Waals surface area (Å²) in [6.07, 6.45) is 10.8. The summed E-state index contributed by atoms with van der Waals surface area (Å²) in [7, 11) is 0. The Morgan fingerprint density at radius 2 is 1.12 bits per heavy atom. The van der Waals surface area contributed by atoms with Crippen LogP contribution in [-0.4, -0.2) is 0 Å². The smallest absolute Gasteiger partial charge is 0.0813 e. The van der Waals surface area contributed by atoms with Gasteiger partial charge >= 0.3 is 0 Å². The first-order valence-electron chi connectivity index (χ1n) is 9.61. The number of allylic oxidation sites excluding steroid dienone is 2. The van der Waals surface area contributed by atoms with Crippen LogP contribution >= 0.6 is 23.2 Å². The van der Waals surface area contributed by atoms with Gasteiger partial charge in [0.25, 0.3) is 0 Å². The number of halogens is 2. The molecule has 2 atom stereocenters. The molecule has 0 spiro atoms. The van der Waals surface area contributed by atoms with E-state index in [0.29, 0.717) is 0 Å². The van der Waals surface area contributed by atoms with Crippen molar-refractivity contribution >= 4 is 35.4 Å². The normalized spacial score (nSPS) is 26.1. The number of benzene rings is 2. The van der Waals surface area contributed by atoms with Crippen LogP contribution in [0.3, 0.4) is 0 Å². The summed E-state index contributed by atoms with van der Waals surface area (Å²) in [5.41, 5.74) is 7.77. The zero-order valence-electron chi connectivity index (χ0n) is 14.7. The summed E-state index contributed by atoms with van der Waals surface area (Å²) in [6, 6.07) is 17.1. The Hall–Kier alpha value is -1.50. The maximum absolute atomic E-state index is 7.03. The van der Waals surface area contributed by atoms with Gasteiger partial charge < -0.3 is 0 Å². The van der Waals surface area contributed by atoms with Crippen LogP contribution < -0.4 is 0 Å². The second-order valence-electron chi connectivity index (χ2n) is 7.83. The van der Waals surface area contributed by atoms with Gasteiger partial charge in [-0.3, -0.25) is 0 Å². The molecule has 0 amide bonds. The molecule has 2 aromatic carbocycles. The molecule has 0 heterocycles. The Kier molecular flexibility index (Phi) is 4.03. The van der Waals surface area contributed by atoms with E-state index in [1.54, 1.807) is 0 Å². The fourth-order valence-corrected chi connectivity index (χ4v) is 6.16. The third kappa shape index (κ3) is 2.35. The maximum atomic E-state index is 7.03. The molecule has 2 aromatic rings. The van der Waals surface area contributed by atoms with Crippen molar-refractivity contribution in [2.75, 3.05) is 0 Å². The van der Waals surface area contributed by atoms with Crippen molar-refractivity contribution in [1.29, 1.82) is 0 Å². The van der Waals surface area contributed by atoms with Crippen molar-refractivity contribution in [3.63, 3.8) is 0 Å². The van der Waals surface area contributed by atoms with Crippen molar-refractivity contribution in [2.24, 2.45) is 5.41 Å². The van der Waals surface area contributed by atoms with E-state index in [0.717, 1.165) is 12.8 Å². The molecule has 0 nitrogen and oxygen atoms in total. The first-order chi connectivity index (χ1) is 12.7. The minimum atomic E-state index is -0.0437. The predicted octanol–water partition coefficient (Wildman–Crippen LogP) is 7.69. The highest BCUT2D eigenvalue weighted by Crippen LogP contribution is 2.61. The van der Waals surface area contributed by atoms with E-state index in [1.807, 2.05) is 0 Å². The number of rotatable bonds is 2. The second-order valence-corrected chi connectivity index (χ2v) is 8.70. The highest BCUT2D eigenvalue weighted by molar-refractivity contribution is 6.25. The minimum Gasteiger partial charge on any atom is -0.113 e. The second kappa shape index (κ2) is 6.29. The van der Waals surface area contributed by atoms with E-state index >= 15 is 0 Å². The van der Waals surface area contributed by atoms with Crippen molar-refractivity contribution in [1.82, 2.24) is 0 Å². The van der Waals surface area contributed by atoms with Gasteiger partial charge in [0.2, 0.25) is 0 Å². The SMILES string of the molecule is ClC1C(C2(C3=Cc4ccccc4C3Cl)CCCCC2)=Cc2ccccc21. The summed E-state index contributed by atoms with van der Waals surface area (Å²) in [4.78, 5) is 0. The van der Waals surface area contributed by atoms with E-state index in [4.69, 9.17) is 23.2 Å². The number of hydrogen-bond acceptors (Lipinski definition) is 0. The van der Waals surface area contributed by atoms with E-state index in [9.17, 15) is 0 Å². The summed E-state index contributed by atoms with van der Waals surface area (Å²) >= 11 is 14.1. The molecular formula is C24H22Cl2. The monoisotopic (exact) mass is 380 g/mol. The van der Waals surface area contributed by atoms with Crippen molar-refractivity contribution in [3.05, 3.63) is 81.9 Å². The number of fused-ring (bicyclic) bond motifs is 2. The quantitative estimate of drug-likeness (QED) is 0.468. The number of alkyl halides is 2. The molecule has 0 aliphatic heterocycles. The average Bonchev–Trinajstić information content (AvgIpc) is 3.21. The third-order valence-corrected chi connectivity index (χ3v) is 7.46. The molecule has 1 saturated carbocycles. The standard InChI is InChI=1S/C24H22Cl2/c25-22-18-10-4-2-8-16(18)14-20(22)24(12-6-1-7-13-24)21-15-17-9-3-5-11-19(17)23(21)26/h2-5,8-11,14-15,22-23H,1,6-7,12-13H2. The van der Waals surface area contributed by atoms with Crippen molar-refractivity contribution in [3.8, 4) is 0 Å². The van der Waals surface area contributed by atoms with Gasteiger partial charge in [-0.05, 0) is 46.2 Å². The molecule has 26 heavy (non-hydrogen) atoms. The van der Waals surface area contributed by atoms with E-state index in [-0.39, 0.29) is 16.2 Å². The third-order valence-electron chi connectivity index (χ3n) is 6.52. The van der Waals surface area contributed by atoms with Crippen molar-refractivity contribution in [2.45, 2.75) is 42.9 Å². The summed E-state index contributed by atoms with van der Waals surface area (Å²) in [6.45, 7) is 0. The highest BCUT2D eigenvalue weighted by atomic mass is 35.5. The Labute approximate surface area is 165 Å². The van der Waals surface area contributed by atoms with Crippen LogP contribution in [0, 0.1) is 5.41 Å². The molecule has 0 N–H and O–H groups in total. The molecule has 3 aliphatic carbocycles. The van der Waals surface area contributed by atoms with Crippen molar-refractivity contribution < 1.29 is 0 Å². The fraction of sp³-hybridized carbons (Fsp3) is 0.333. The lowest BCUT2D eigenvalue weighted by molar-refractivity contribution is 0.283. The molecule has 0 bridgehead atoms. The number of hydrogen-bond donors (Lipinski definition) is 0. The van der Waals surface area contributed by atoms with Crippen LogP contribution in [0.15, 0.2) is 59.7 Å². The molecule has 1 fully saturated rings. The lowest BCUT2D eigenvalue weighted by Crippen LogP contribution is -2.30. The van der Waals surface area contributed by atoms with Gasteiger partial charge in [0, 0.05) is 5.41 Å². The zero-order chi connectivity index (χ0) is 17.7. The Morgan fingerprint density at radius 3 is 1.58 bits per heavy atom. The van der Waals surface area contributed by atoms with Gasteiger partial charge in [-0.25, -0.2) is 0 Å². The van der Waals surface area contributed by atoms with Crippen LogP contribution in [0.4, 0.5) is 0 Å². The molecule has 2 unspecified atom stereocenters. The van der Waals surface area contributed by atoms with Crippen LogP contribution in [0.5, 0.6) is 0 Å². The van der Waals surface area contributed by atoms with Gasteiger partial charge in [-0.2, -0.15) is 0 Å². The molecule has 0 radical (unpaired) electrons. The zero-order valence-corrected chi connectivity index (χ0v) is 16.2. The minimum absolute atomic E-state index is 0.00484. The van der Waals surface area contributed by atoms with E-state index in [1.165, 1.54) is 52.7 Å². The summed E-state index contributed by atoms with van der Waals surface area (Å²) < 4.78 is 0. The molecule has 0 aromatic heterocycles. The molecule has 2 heteroatoms. The topological polar surface area (TPSA) is 0 Å². The van der Waals surface area contributed by atoms with Crippen LogP contribution in [0.2, 0.25) is 0 Å². The van der Waals surface area contributed by atoms with Gasteiger partial charge in [0.15, 0.2) is 0 Å².